The second kappa shape index (κ2) is 13.1. The molecule has 4 aromatic rings. The lowest BCUT2D eigenvalue weighted by Gasteiger charge is -2.28. The number of rotatable bonds is 3. The first-order chi connectivity index (χ1) is 20.1. The molecule has 0 aromatic heterocycles. The molecule has 0 fully saturated rings. The van der Waals surface area contributed by atoms with E-state index in [1.165, 1.54) is 55.6 Å². The van der Waals surface area contributed by atoms with Crippen molar-refractivity contribution in [3.8, 4) is 33.4 Å². The SMILES string of the molecule is CC(C)(C)c1ccc(-c2ccc(-c3ccc(-c4ccc(C(C)(C)C)cc4C(C)(C)C)cc3)cc2)c(C(C)(C)C)c1.O=[P+](O)O. The molecular weight excluding hydrogens is 559 g/mol. The predicted octanol–water partition coefficient (Wildman–Crippen LogP) is 11.5. The van der Waals surface area contributed by atoms with Gasteiger partial charge in [0.25, 0.3) is 0 Å². The van der Waals surface area contributed by atoms with Crippen LogP contribution in [0.2, 0.25) is 0 Å². The van der Waals surface area contributed by atoms with Crippen LogP contribution in [-0.2, 0) is 26.2 Å². The second-order valence-electron chi connectivity index (χ2n) is 15.9. The second-order valence-corrected chi connectivity index (χ2v) is 16.4. The van der Waals surface area contributed by atoms with Gasteiger partial charge < -0.3 is 0 Å². The van der Waals surface area contributed by atoms with Gasteiger partial charge in [0.05, 0.1) is 0 Å². The van der Waals surface area contributed by atoms with E-state index in [9.17, 15) is 0 Å². The van der Waals surface area contributed by atoms with Gasteiger partial charge in [-0.25, -0.2) is 0 Å². The fraction of sp³-hybridized carbons (Fsp3) is 0.400. The van der Waals surface area contributed by atoms with Crippen molar-refractivity contribution in [1.29, 1.82) is 0 Å². The Kier molecular flexibility index (Phi) is 10.5. The normalized spacial score (nSPS) is 12.4. The van der Waals surface area contributed by atoms with Crippen LogP contribution >= 0.6 is 8.25 Å². The first kappa shape index (κ1) is 35.4. The van der Waals surface area contributed by atoms with E-state index in [-0.39, 0.29) is 21.7 Å². The zero-order chi connectivity index (χ0) is 33.3. The van der Waals surface area contributed by atoms with Crippen molar-refractivity contribution >= 4 is 8.25 Å². The highest BCUT2D eigenvalue weighted by Crippen LogP contribution is 2.39. The lowest BCUT2D eigenvalue weighted by atomic mass is 9.77. The maximum absolute atomic E-state index is 8.70. The standard InChI is InChI=1S/C40H50.HO3P/c1-37(2,3)31-21-23-33(35(25-31)39(7,8)9)29-17-13-27(14-18-29)28-15-19-30(20-16-28)34-24-22-32(38(4,5)6)26-36(34)40(10,11)12;1-4(2)3/h13-26H,1-12H3;(H-,1,2,3)/p+1. The van der Waals surface area contributed by atoms with Gasteiger partial charge in [0.2, 0.25) is 0 Å². The third-order valence-corrected chi connectivity index (χ3v) is 8.11. The molecule has 4 rings (SSSR count). The van der Waals surface area contributed by atoms with Gasteiger partial charge in [0.1, 0.15) is 0 Å². The average Bonchev–Trinajstić information content (AvgIpc) is 2.90. The first-order valence-electron chi connectivity index (χ1n) is 15.5. The first-order valence-corrected chi connectivity index (χ1v) is 16.6. The van der Waals surface area contributed by atoms with Gasteiger partial charge in [-0.2, -0.15) is 0 Å². The molecule has 0 aliphatic rings. The minimum Gasteiger partial charge on any atom is -0.134 e. The van der Waals surface area contributed by atoms with Gasteiger partial charge in [-0.15, -0.1) is 9.79 Å². The van der Waals surface area contributed by atoms with Crippen molar-refractivity contribution in [2.75, 3.05) is 0 Å². The van der Waals surface area contributed by atoms with Gasteiger partial charge >= 0.3 is 8.25 Å². The van der Waals surface area contributed by atoms with Gasteiger partial charge in [-0.05, 0) is 77.3 Å². The molecule has 4 heteroatoms. The van der Waals surface area contributed by atoms with Gasteiger partial charge in [-0.3, -0.25) is 0 Å². The van der Waals surface area contributed by atoms with Crippen LogP contribution < -0.4 is 0 Å². The Labute approximate surface area is 267 Å². The molecule has 0 spiro atoms. The van der Waals surface area contributed by atoms with E-state index < -0.39 is 8.25 Å². The fourth-order valence-corrected chi connectivity index (χ4v) is 5.45. The summed E-state index contributed by atoms with van der Waals surface area (Å²) in [7, 11) is -2.87. The Balaban J connectivity index is 0.00000124. The molecule has 2 N–H and O–H groups in total. The van der Waals surface area contributed by atoms with Crippen LogP contribution in [0.15, 0.2) is 84.9 Å². The summed E-state index contributed by atoms with van der Waals surface area (Å²) in [6.45, 7) is 27.6. The minimum absolute atomic E-state index is 0.0715. The third-order valence-electron chi connectivity index (χ3n) is 8.11. The fourth-order valence-electron chi connectivity index (χ4n) is 5.45. The maximum Gasteiger partial charge on any atom is 0.692 e. The summed E-state index contributed by atoms with van der Waals surface area (Å²) in [5.41, 5.74) is 13.7. The van der Waals surface area contributed by atoms with Crippen molar-refractivity contribution in [2.24, 2.45) is 0 Å². The van der Waals surface area contributed by atoms with Crippen molar-refractivity contribution in [3.63, 3.8) is 0 Å². The topological polar surface area (TPSA) is 57.5 Å². The van der Waals surface area contributed by atoms with Crippen LogP contribution in [0.5, 0.6) is 0 Å². The average molecular weight is 612 g/mol. The highest BCUT2D eigenvalue weighted by atomic mass is 31.1. The molecule has 0 aliphatic carbocycles. The molecule has 0 aliphatic heterocycles. The van der Waals surface area contributed by atoms with E-state index in [0.29, 0.717) is 0 Å². The Morgan fingerprint density at radius 1 is 0.409 bits per heavy atom. The van der Waals surface area contributed by atoms with E-state index in [4.69, 9.17) is 14.4 Å². The lowest BCUT2D eigenvalue weighted by Crippen LogP contribution is -2.17. The highest BCUT2D eigenvalue weighted by Gasteiger charge is 2.24. The van der Waals surface area contributed by atoms with Gasteiger partial charge in [0, 0.05) is 4.57 Å². The summed E-state index contributed by atoms with van der Waals surface area (Å²) in [6, 6.07) is 32.3. The molecule has 0 amide bonds. The molecule has 44 heavy (non-hydrogen) atoms. The smallest absolute Gasteiger partial charge is 0.134 e. The van der Waals surface area contributed by atoms with Gasteiger partial charge in [-0.1, -0.05) is 168 Å². The number of hydrogen-bond acceptors (Lipinski definition) is 1. The Bertz CT molecular complexity index is 1460. The van der Waals surface area contributed by atoms with Crippen molar-refractivity contribution in [3.05, 3.63) is 107 Å². The highest BCUT2D eigenvalue weighted by molar-refractivity contribution is 7.30. The summed E-state index contributed by atoms with van der Waals surface area (Å²) < 4.78 is 8.70. The summed E-state index contributed by atoms with van der Waals surface area (Å²) in [4.78, 5) is 14.2. The van der Waals surface area contributed by atoms with E-state index in [0.717, 1.165) is 0 Å². The molecule has 4 aromatic carbocycles. The molecule has 234 valence electrons. The molecular formula is C40H52O3P+. The van der Waals surface area contributed by atoms with E-state index >= 15 is 0 Å². The largest absolute Gasteiger partial charge is 0.692 e. The number of benzene rings is 4. The Morgan fingerprint density at radius 2 is 0.659 bits per heavy atom. The molecule has 0 unspecified atom stereocenters. The van der Waals surface area contributed by atoms with Crippen molar-refractivity contribution in [2.45, 2.75) is 105 Å². The Morgan fingerprint density at radius 3 is 0.886 bits per heavy atom. The zero-order valence-electron chi connectivity index (χ0n) is 28.8. The summed E-state index contributed by atoms with van der Waals surface area (Å²) >= 11 is 0. The van der Waals surface area contributed by atoms with Crippen LogP contribution in [-0.4, -0.2) is 9.79 Å². The summed E-state index contributed by atoms with van der Waals surface area (Å²) in [6.07, 6.45) is 0. The van der Waals surface area contributed by atoms with Crippen LogP contribution in [0, 0.1) is 0 Å². The minimum atomic E-state index is -2.87. The quantitative estimate of drug-likeness (QED) is 0.227. The van der Waals surface area contributed by atoms with Crippen LogP contribution in [0.4, 0.5) is 0 Å². The number of hydrogen-bond donors (Lipinski definition) is 2. The molecule has 0 heterocycles. The van der Waals surface area contributed by atoms with Crippen LogP contribution in [0.3, 0.4) is 0 Å². The summed E-state index contributed by atoms with van der Waals surface area (Å²) in [5.74, 6) is 0. The monoisotopic (exact) mass is 611 g/mol. The molecule has 0 bridgehead atoms. The Hall–Kier alpha value is -3.10. The molecule has 0 radical (unpaired) electrons. The molecule has 0 saturated heterocycles. The molecule has 3 nitrogen and oxygen atoms in total. The zero-order valence-corrected chi connectivity index (χ0v) is 29.7. The van der Waals surface area contributed by atoms with E-state index in [1.54, 1.807) is 0 Å². The molecule has 0 atom stereocenters. The van der Waals surface area contributed by atoms with Crippen molar-refractivity contribution in [1.82, 2.24) is 0 Å². The van der Waals surface area contributed by atoms with E-state index in [1.807, 2.05) is 0 Å². The lowest BCUT2D eigenvalue weighted by molar-refractivity contribution is 0.405. The predicted molar refractivity (Wildman–Crippen MR) is 190 cm³/mol. The van der Waals surface area contributed by atoms with Crippen LogP contribution in [0.1, 0.15) is 105 Å². The molecule has 0 saturated carbocycles. The summed E-state index contributed by atoms with van der Waals surface area (Å²) in [5, 5.41) is 0. The van der Waals surface area contributed by atoms with E-state index in [2.05, 4.69) is 168 Å². The third kappa shape index (κ3) is 8.98. The van der Waals surface area contributed by atoms with Crippen molar-refractivity contribution < 1.29 is 14.4 Å². The van der Waals surface area contributed by atoms with Crippen LogP contribution in [0.25, 0.3) is 33.4 Å². The van der Waals surface area contributed by atoms with Gasteiger partial charge in [0.15, 0.2) is 0 Å². The maximum atomic E-state index is 8.70.